The molecular weight excluding hydrogens is 228 g/mol. The zero-order valence-electron chi connectivity index (χ0n) is 10.9. The number of carbonyl (C=O) groups excluding carboxylic acids is 2. The van der Waals surface area contributed by atoms with Crippen LogP contribution in [0.1, 0.15) is 57.8 Å². The van der Waals surface area contributed by atoms with Crippen LogP contribution in [0.4, 0.5) is 4.79 Å². The van der Waals surface area contributed by atoms with E-state index in [-0.39, 0.29) is 23.4 Å². The fraction of sp³-hybridized carbons (Fsp3) is 0.857. The lowest BCUT2D eigenvalue weighted by Gasteiger charge is -2.43. The van der Waals surface area contributed by atoms with Crippen LogP contribution in [-0.4, -0.2) is 29.4 Å². The third-order valence-electron chi connectivity index (χ3n) is 4.97. The number of rotatable bonds is 1. The van der Waals surface area contributed by atoms with Crippen LogP contribution in [0.5, 0.6) is 0 Å². The minimum atomic E-state index is -0.259. The van der Waals surface area contributed by atoms with Crippen LogP contribution < -0.4 is 5.32 Å². The third kappa shape index (κ3) is 1.82. The quantitative estimate of drug-likeness (QED) is 0.777. The van der Waals surface area contributed by atoms with E-state index in [1.807, 2.05) is 0 Å². The molecule has 0 atom stereocenters. The molecule has 4 heteroatoms. The highest BCUT2D eigenvalue weighted by atomic mass is 16.2. The summed E-state index contributed by atoms with van der Waals surface area (Å²) >= 11 is 0. The Balaban J connectivity index is 1.81. The standard InChI is InChI=1S/C14H22N2O2/c17-12-14(8-4-5-9-14)10-15-13(18)16(12)11-6-2-1-3-7-11/h11H,1-10H2,(H,15,18). The number of imide groups is 1. The lowest BCUT2D eigenvalue weighted by Crippen LogP contribution is -2.62. The molecule has 4 nitrogen and oxygen atoms in total. The third-order valence-corrected chi connectivity index (χ3v) is 4.97. The van der Waals surface area contributed by atoms with Crippen molar-refractivity contribution in [3.63, 3.8) is 0 Å². The first-order valence-electron chi connectivity index (χ1n) is 7.34. The summed E-state index contributed by atoms with van der Waals surface area (Å²) in [4.78, 5) is 26.3. The van der Waals surface area contributed by atoms with Gasteiger partial charge < -0.3 is 5.32 Å². The smallest absolute Gasteiger partial charge is 0.324 e. The number of urea groups is 1. The first-order valence-corrected chi connectivity index (χ1v) is 7.34. The molecule has 0 unspecified atom stereocenters. The molecule has 3 amide bonds. The molecule has 3 rings (SSSR count). The second kappa shape index (κ2) is 4.56. The maximum atomic E-state index is 12.7. The van der Waals surface area contributed by atoms with Gasteiger partial charge in [0.05, 0.1) is 5.41 Å². The molecule has 2 saturated carbocycles. The van der Waals surface area contributed by atoms with Gasteiger partial charge in [-0.1, -0.05) is 32.1 Å². The van der Waals surface area contributed by atoms with Gasteiger partial charge >= 0.3 is 6.03 Å². The lowest BCUT2D eigenvalue weighted by atomic mass is 9.81. The van der Waals surface area contributed by atoms with E-state index in [1.54, 1.807) is 4.90 Å². The Morgan fingerprint density at radius 2 is 1.67 bits per heavy atom. The first kappa shape index (κ1) is 12.0. The number of nitrogens with one attached hydrogen (secondary N) is 1. The number of nitrogens with zero attached hydrogens (tertiary/aromatic N) is 1. The maximum absolute atomic E-state index is 12.7. The normalized spacial score (nSPS) is 28.8. The van der Waals surface area contributed by atoms with Crippen molar-refractivity contribution in [1.82, 2.24) is 10.2 Å². The van der Waals surface area contributed by atoms with Crippen LogP contribution in [-0.2, 0) is 4.79 Å². The van der Waals surface area contributed by atoms with E-state index >= 15 is 0 Å². The summed E-state index contributed by atoms with van der Waals surface area (Å²) in [6.45, 7) is 0.563. The van der Waals surface area contributed by atoms with Crippen molar-refractivity contribution < 1.29 is 9.59 Å². The summed E-state index contributed by atoms with van der Waals surface area (Å²) in [7, 11) is 0. The van der Waals surface area contributed by atoms with E-state index in [0.717, 1.165) is 51.4 Å². The zero-order valence-corrected chi connectivity index (χ0v) is 10.9. The summed E-state index contributed by atoms with van der Waals surface area (Å²) in [5.74, 6) is 0.121. The van der Waals surface area contributed by atoms with Crippen LogP contribution in [0, 0.1) is 5.41 Å². The minimum Gasteiger partial charge on any atom is -0.337 e. The second-order valence-corrected chi connectivity index (χ2v) is 6.11. The minimum absolute atomic E-state index is 0.121. The molecule has 1 N–H and O–H groups in total. The fourth-order valence-corrected chi connectivity index (χ4v) is 3.87. The first-order chi connectivity index (χ1) is 8.73. The molecule has 3 aliphatic rings. The molecule has 1 saturated heterocycles. The largest absolute Gasteiger partial charge is 0.337 e. The van der Waals surface area contributed by atoms with Gasteiger partial charge in [-0.15, -0.1) is 0 Å². The number of hydrogen-bond donors (Lipinski definition) is 1. The summed E-state index contributed by atoms with van der Waals surface area (Å²) in [6, 6.07) is 0.00782. The molecule has 18 heavy (non-hydrogen) atoms. The molecule has 0 bridgehead atoms. The van der Waals surface area contributed by atoms with Crippen molar-refractivity contribution in [2.45, 2.75) is 63.8 Å². The predicted octanol–water partition coefficient (Wildman–Crippen LogP) is 2.43. The van der Waals surface area contributed by atoms with Gasteiger partial charge in [-0.2, -0.15) is 0 Å². The maximum Gasteiger partial charge on any atom is 0.324 e. The lowest BCUT2D eigenvalue weighted by molar-refractivity contribution is -0.143. The molecule has 0 aromatic rings. The topological polar surface area (TPSA) is 49.4 Å². The Bertz CT molecular complexity index is 355. The molecule has 3 fully saturated rings. The highest BCUT2D eigenvalue weighted by Crippen LogP contribution is 2.42. The number of carbonyl (C=O) groups is 2. The van der Waals surface area contributed by atoms with Crippen molar-refractivity contribution in [2.24, 2.45) is 5.41 Å². The van der Waals surface area contributed by atoms with Gasteiger partial charge in [0.2, 0.25) is 5.91 Å². The molecule has 2 aliphatic carbocycles. The summed E-state index contributed by atoms with van der Waals surface area (Å²) in [5.41, 5.74) is -0.259. The average Bonchev–Trinajstić information content (AvgIpc) is 2.86. The van der Waals surface area contributed by atoms with Gasteiger partial charge in [0.15, 0.2) is 0 Å². The van der Waals surface area contributed by atoms with E-state index in [0.29, 0.717) is 6.54 Å². The van der Waals surface area contributed by atoms with Gasteiger partial charge in [-0.05, 0) is 25.7 Å². The van der Waals surface area contributed by atoms with E-state index in [1.165, 1.54) is 6.42 Å². The Labute approximate surface area is 108 Å². The molecular formula is C14H22N2O2. The van der Waals surface area contributed by atoms with Crippen LogP contribution in [0.15, 0.2) is 0 Å². The van der Waals surface area contributed by atoms with Gasteiger partial charge in [0, 0.05) is 12.6 Å². The molecule has 100 valence electrons. The van der Waals surface area contributed by atoms with Gasteiger partial charge in [0.1, 0.15) is 0 Å². The van der Waals surface area contributed by atoms with E-state index in [9.17, 15) is 9.59 Å². The molecule has 1 heterocycles. The predicted molar refractivity (Wildman–Crippen MR) is 68.0 cm³/mol. The van der Waals surface area contributed by atoms with Crippen molar-refractivity contribution >= 4 is 11.9 Å². The Hall–Kier alpha value is -1.06. The SMILES string of the molecule is O=C1NCC2(CCCC2)C(=O)N1C1CCCCC1. The molecule has 0 aromatic carbocycles. The number of amides is 3. The van der Waals surface area contributed by atoms with Crippen molar-refractivity contribution in [2.75, 3.05) is 6.54 Å². The van der Waals surface area contributed by atoms with E-state index in [4.69, 9.17) is 0 Å². The van der Waals surface area contributed by atoms with Crippen LogP contribution in [0.2, 0.25) is 0 Å². The van der Waals surface area contributed by atoms with Gasteiger partial charge in [-0.3, -0.25) is 9.69 Å². The highest BCUT2D eigenvalue weighted by Gasteiger charge is 2.50. The monoisotopic (exact) mass is 250 g/mol. The van der Waals surface area contributed by atoms with Crippen LogP contribution >= 0.6 is 0 Å². The van der Waals surface area contributed by atoms with Gasteiger partial charge in [-0.25, -0.2) is 4.79 Å². The summed E-state index contributed by atoms with van der Waals surface area (Å²) < 4.78 is 0. The van der Waals surface area contributed by atoms with Crippen molar-refractivity contribution in [3.05, 3.63) is 0 Å². The number of hydrogen-bond acceptors (Lipinski definition) is 2. The molecule has 1 spiro atoms. The van der Waals surface area contributed by atoms with E-state index in [2.05, 4.69) is 5.32 Å². The second-order valence-electron chi connectivity index (χ2n) is 6.11. The Morgan fingerprint density at radius 1 is 1.00 bits per heavy atom. The summed E-state index contributed by atoms with van der Waals surface area (Å²) in [6.07, 6.45) is 9.68. The average molecular weight is 250 g/mol. The van der Waals surface area contributed by atoms with Crippen molar-refractivity contribution in [3.8, 4) is 0 Å². The molecule has 0 aromatic heterocycles. The fourth-order valence-electron chi connectivity index (χ4n) is 3.87. The Morgan fingerprint density at radius 3 is 2.33 bits per heavy atom. The van der Waals surface area contributed by atoms with Gasteiger partial charge in [0.25, 0.3) is 0 Å². The highest BCUT2D eigenvalue weighted by molar-refractivity contribution is 6.00. The molecule has 0 radical (unpaired) electrons. The van der Waals surface area contributed by atoms with E-state index < -0.39 is 0 Å². The summed E-state index contributed by atoms with van der Waals surface area (Å²) in [5, 5.41) is 2.96. The Kier molecular flexibility index (Phi) is 3.04. The molecule has 1 aliphatic heterocycles. The zero-order chi connectivity index (χ0) is 12.6. The van der Waals surface area contributed by atoms with Crippen LogP contribution in [0.25, 0.3) is 0 Å². The van der Waals surface area contributed by atoms with Crippen LogP contribution in [0.3, 0.4) is 0 Å². The van der Waals surface area contributed by atoms with Crippen molar-refractivity contribution in [1.29, 1.82) is 0 Å².